The maximum Gasteiger partial charge on any atom is 0.408 e. The minimum Gasteiger partial charge on any atom is -0.494 e. The van der Waals surface area contributed by atoms with Crippen LogP contribution in [-0.2, 0) is 20.9 Å². The predicted molar refractivity (Wildman–Crippen MR) is 121 cm³/mol. The fourth-order valence-electron chi connectivity index (χ4n) is 2.81. The van der Waals surface area contributed by atoms with Crippen LogP contribution in [0.3, 0.4) is 0 Å². The molecule has 0 aliphatic rings. The first-order valence-corrected chi connectivity index (χ1v) is 10.8. The molecule has 0 bridgehead atoms. The lowest BCUT2D eigenvalue weighted by molar-refractivity contribution is -0.137. The fourth-order valence-corrected chi connectivity index (χ4v) is 2.81. The average Bonchev–Trinajstić information content (AvgIpc) is 3.07. The van der Waals surface area contributed by atoms with Gasteiger partial charge in [-0.15, -0.1) is 0 Å². The van der Waals surface area contributed by atoms with Gasteiger partial charge in [0.25, 0.3) is 0 Å². The molecule has 5 N–H and O–H groups in total. The van der Waals surface area contributed by atoms with Crippen LogP contribution >= 0.6 is 0 Å². The normalized spacial score (nSPS) is 11.9. The number of H-pyrrole nitrogens is 1. The number of unbranched alkanes of at least 4 members (excludes halogenated alkanes) is 1. The molecule has 2 aromatic rings. The van der Waals surface area contributed by atoms with E-state index in [-0.39, 0.29) is 24.7 Å². The Kier molecular flexibility index (Phi) is 9.60. The van der Waals surface area contributed by atoms with Crippen LogP contribution in [0.25, 0.3) is 0 Å². The first kappa shape index (κ1) is 26.4. The van der Waals surface area contributed by atoms with Crippen LogP contribution in [0.5, 0.6) is 17.5 Å². The van der Waals surface area contributed by atoms with Crippen LogP contribution in [0.1, 0.15) is 45.6 Å². The minimum atomic E-state index is -1.09. The van der Waals surface area contributed by atoms with Gasteiger partial charge in [-0.3, -0.25) is 4.98 Å². The Morgan fingerprint density at radius 1 is 1.06 bits per heavy atom. The summed E-state index contributed by atoms with van der Waals surface area (Å²) in [6.07, 6.45) is -0.252. The van der Waals surface area contributed by atoms with Gasteiger partial charge < -0.3 is 35.1 Å². The maximum absolute atomic E-state index is 12.6. The van der Waals surface area contributed by atoms with Crippen molar-refractivity contribution in [2.75, 3.05) is 6.54 Å². The summed E-state index contributed by atoms with van der Waals surface area (Å²) in [5.41, 5.74) is 0.0989. The van der Waals surface area contributed by atoms with E-state index in [0.717, 1.165) is 11.6 Å². The Balaban J connectivity index is 1.81. The van der Waals surface area contributed by atoms with Crippen LogP contribution in [0.2, 0.25) is 0 Å². The Labute approximate surface area is 197 Å². The van der Waals surface area contributed by atoms with E-state index >= 15 is 0 Å². The van der Waals surface area contributed by atoms with Crippen molar-refractivity contribution in [3.05, 3.63) is 42.0 Å². The van der Waals surface area contributed by atoms with Crippen molar-refractivity contribution in [2.24, 2.45) is 0 Å². The quantitative estimate of drug-likeness (QED) is 0.257. The third-order valence-corrected chi connectivity index (χ3v) is 4.34. The number of aromatic amines is 1. The van der Waals surface area contributed by atoms with Gasteiger partial charge in [0.1, 0.15) is 18.2 Å². The Morgan fingerprint density at radius 2 is 1.76 bits per heavy atom. The Hall–Kier alpha value is -3.89. The summed E-state index contributed by atoms with van der Waals surface area (Å²) in [6, 6.07) is 9.21. The summed E-state index contributed by atoms with van der Waals surface area (Å²) in [7, 11) is 0. The first-order valence-electron chi connectivity index (χ1n) is 10.8. The second-order valence-corrected chi connectivity index (χ2v) is 8.47. The van der Waals surface area contributed by atoms with E-state index < -0.39 is 35.7 Å². The molecule has 1 aromatic carbocycles. The molecule has 0 saturated carbocycles. The molecule has 0 saturated heterocycles. The average molecular weight is 478 g/mol. The molecule has 0 radical (unpaired) electrons. The SMILES string of the molecule is CC(C)(C)OC(=O)N[C@@H](CCCCNC(=O)OCc1ccccc1)C(=O)Oc1cc(O)[nH]c1O. The summed E-state index contributed by atoms with van der Waals surface area (Å²) in [6.45, 7) is 5.51. The van der Waals surface area contributed by atoms with E-state index in [1.165, 1.54) is 0 Å². The summed E-state index contributed by atoms with van der Waals surface area (Å²) in [4.78, 5) is 38.7. The van der Waals surface area contributed by atoms with E-state index in [9.17, 15) is 24.6 Å². The summed E-state index contributed by atoms with van der Waals surface area (Å²) in [5, 5.41) is 24.1. The zero-order chi connectivity index (χ0) is 25.1. The fraction of sp³-hybridized carbons (Fsp3) is 0.435. The van der Waals surface area contributed by atoms with Crippen molar-refractivity contribution < 1.29 is 38.8 Å². The molecule has 11 nitrogen and oxygen atoms in total. The van der Waals surface area contributed by atoms with Crippen molar-refractivity contribution in [1.29, 1.82) is 0 Å². The smallest absolute Gasteiger partial charge is 0.408 e. The van der Waals surface area contributed by atoms with Crippen molar-refractivity contribution in [3.8, 4) is 17.5 Å². The van der Waals surface area contributed by atoms with Crippen molar-refractivity contribution >= 4 is 18.2 Å². The number of alkyl carbamates (subject to hydrolysis) is 2. The molecule has 1 atom stereocenters. The minimum absolute atomic E-state index is 0.155. The highest BCUT2D eigenvalue weighted by atomic mass is 16.6. The molecule has 1 heterocycles. The molecule has 0 aliphatic heterocycles. The number of esters is 1. The van der Waals surface area contributed by atoms with Crippen LogP contribution in [0, 0.1) is 0 Å². The second-order valence-electron chi connectivity index (χ2n) is 8.47. The maximum atomic E-state index is 12.6. The largest absolute Gasteiger partial charge is 0.494 e. The number of benzene rings is 1. The van der Waals surface area contributed by atoms with E-state index in [0.29, 0.717) is 19.4 Å². The molecule has 11 heteroatoms. The third kappa shape index (κ3) is 9.72. The standard InChI is InChI=1S/C23H31N3O8/c1-23(2,3)34-22(31)25-16(20(29)33-17-13-18(27)26-19(17)28)11-7-8-12-24-21(30)32-14-15-9-5-4-6-10-15/h4-6,9-10,13,16,26-28H,7-8,11-12,14H2,1-3H3,(H,24,30)(H,25,31)/t16-/m0/s1. The summed E-state index contributed by atoms with van der Waals surface area (Å²) < 4.78 is 15.4. The van der Waals surface area contributed by atoms with Crippen molar-refractivity contribution in [3.63, 3.8) is 0 Å². The molecule has 0 fully saturated rings. The number of ether oxygens (including phenoxy) is 3. The zero-order valence-electron chi connectivity index (χ0n) is 19.4. The molecule has 0 unspecified atom stereocenters. The number of carbonyl (C=O) groups is 3. The number of hydrogen-bond donors (Lipinski definition) is 5. The molecule has 2 rings (SSSR count). The highest BCUT2D eigenvalue weighted by Gasteiger charge is 2.27. The van der Waals surface area contributed by atoms with Crippen LogP contribution < -0.4 is 15.4 Å². The van der Waals surface area contributed by atoms with Gasteiger partial charge in [-0.05, 0) is 45.6 Å². The molecule has 186 valence electrons. The first-order chi connectivity index (χ1) is 16.0. The zero-order valence-corrected chi connectivity index (χ0v) is 19.4. The van der Waals surface area contributed by atoms with E-state index in [2.05, 4.69) is 15.6 Å². The van der Waals surface area contributed by atoms with Gasteiger partial charge in [-0.2, -0.15) is 0 Å². The van der Waals surface area contributed by atoms with Gasteiger partial charge in [0, 0.05) is 12.6 Å². The number of hydrogen-bond acceptors (Lipinski definition) is 8. The topological polar surface area (TPSA) is 159 Å². The Morgan fingerprint density at radius 3 is 2.38 bits per heavy atom. The molecular formula is C23H31N3O8. The van der Waals surface area contributed by atoms with Crippen molar-refractivity contribution in [1.82, 2.24) is 15.6 Å². The van der Waals surface area contributed by atoms with Gasteiger partial charge in [-0.1, -0.05) is 30.3 Å². The van der Waals surface area contributed by atoms with Gasteiger partial charge in [0.15, 0.2) is 11.6 Å². The highest BCUT2D eigenvalue weighted by Crippen LogP contribution is 2.29. The molecule has 2 amide bonds. The van der Waals surface area contributed by atoms with E-state index in [1.807, 2.05) is 30.3 Å². The number of amides is 2. The number of nitrogens with one attached hydrogen (secondary N) is 3. The second kappa shape index (κ2) is 12.4. The molecule has 0 spiro atoms. The monoisotopic (exact) mass is 477 g/mol. The number of aromatic hydroxyl groups is 2. The van der Waals surface area contributed by atoms with E-state index in [4.69, 9.17) is 14.2 Å². The van der Waals surface area contributed by atoms with Crippen LogP contribution in [0.4, 0.5) is 9.59 Å². The summed E-state index contributed by atoms with van der Waals surface area (Å²) in [5.74, 6) is -2.04. The lowest BCUT2D eigenvalue weighted by Gasteiger charge is -2.22. The van der Waals surface area contributed by atoms with Gasteiger partial charge in [0.05, 0.1) is 0 Å². The summed E-state index contributed by atoms with van der Waals surface area (Å²) >= 11 is 0. The third-order valence-electron chi connectivity index (χ3n) is 4.34. The van der Waals surface area contributed by atoms with Crippen molar-refractivity contribution in [2.45, 2.75) is 58.3 Å². The van der Waals surface area contributed by atoms with Gasteiger partial charge in [-0.25, -0.2) is 14.4 Å². The number of aromatic nitrogens is 1. The van der Waals surface area contributed by atoms with Gasteiger partial charge >= 0.3 is 18.2 Å². The van der Waals surface area contributed by atoms with Gasteiger partial charge in [0.2, 0.25) is 5.88 Å². The molecule has 0 aliphatic carbocycles. The lowest BCUT2D eigenvalue weighted by Crippen LogP contribution is -2.45. The van der Waals surface area contributed by atoms with Crippen LogP contribution in [0.15, 0.2) is 36.4 Å². The van der Waals surface area contributed by atoms with E-state index in [1.54, 1.807) is 20.8 Å². The number of rotatable bonds is 10. The predicted octanol–water partition coefficient (Wildman–Crippen LogP) is 3.32. The molecule has 34 heavy (non-hydrogen) atoms. The molecular weight excluding hydrogens is 446 g/mol. The van der Waals surface area contributed by atoms with Crippen LogP contribution in [-0.4, -0.2) is 51.5 Å². The lowest BCUT2D eigenvalue weighted by atomic mass is 10.1. The highest BCUT2D eigenvalue weighted by molar-refractivity contribution is 5.83. The Bertz CT molecular complexity index is 953. The molecule has 1 aromatic heterocycles. The number of carbonyl (C=O) groups excluding carboxylic acids is 3.